The van der Waals surface area contributed by atoms with Crippen molar-refractivity contribution in [2.75, 3.05) is 7.11 Å². The van der Waals surface area contributed by atoms with E-state index in [9.17, 15) is 5.11 Å². The first-order chi connectivity index (χ1) is 14.4. The van der Waals surface area contributed by atoms with E-state index >= 15 is 0 Å². The maximum Gasteiger partial charge on any atom is 0.118 e. The summed E-state index contributed by atoms with van der Waals surface area (Å²) < 4.78 is 5.29. The minimum absolute atomic E-state index is 0.226. The van der Waals surface area contributed by atoms with Gasteiger partial charge in [0, 0.05) is 40.0 Å². The molecule has 5 rings (SSSR count). The van der Waals surface area contributed by atoms with Crippen LogP contribution in [0, 0.1) is 5.41 Å². The van der Waals surface area contributed by atoms with Gasteiger partial charge in [0.25, 0.3) is 0 Å². The van der Waals surface area contributed by atoms with Gasteiger partial charge in [0.1, 0.15) is 5.75 Å². The van der Waals surface area contributed by atoms with Crippen molar-refractivity contribution in [2.24, 2.45) is 11.1 Å². The summed E-state index contributed by atoms with van der Waals surface area (Å²) in [7, 11) is 1.67. The van der Waals surface area contributed by atoms with E-state index in [2.05, 4.69) is 43.1 Å². The Morgan fingerprint density at radius 1 is 1.17 bits per heavy atom. The zero-order valence-corrected chi connectivity index (χ0v) is 17.6. The number of rotatable bonds is 3. The van der Waals surface area contributed by atoms with Crippen LogP contribution < -0.4 is 10.5 Å². The number of nitrogens with one attached hydrogen (secondary N) is 1. The molecule has 5 heteroatoms. The number of aliphatic hydroxyl groups excluding tert-OH is 1. The van der Waals surface area contributed by atoms with E-state index in [-0.39, 0.29) is 11.5 Å². The lowest BCUT2D eigenvalue weighted by atomic mass is 9.70. The Morgan fingerprint density at radius 3 is 2.63 bits per heavy atom. The van der Waals surface area contributed by atoms with E-state index in [0.29, 0.717) is 6.42 Å². The maximum atomic E-state index is 11.2. The molecular formula is C25H27N3O2. The molecule has 0 radical (unpaired) electrons. The van der Waals surface area contributed by atoms with Crippen LogP contribution in [0.1, 0.15) is 42.5 Å². The Hall–Kier alpha value is -2.89. The van der Waals surface area contributed by atoms with Gasteiger partial charge in [-0.15, -0.1) is 0 Å². The summed E-state index contributed by atoms with van der Waals surface area (Å²) in [6.07, 6.45) is 0.697. The Labute approximate surface area is 175 Å². The molecule has 1 aliphatic rings. The summed E-state index contributed by atoms with van der Waals surface area (Å²) in [6, 6.07) is 16.0. The van der Waals surface area contributed by atoms with Gasteiger partial charge >= 0.3 is 0 Å². The smallest absolute Gasteiger partial charge is 0.118 e. The molecule has 2 unspecified atom stereocenters. The molecule has 1 aliphatic carbocycles. The molecule has 2 heterocycles. The van der Waals surface area contributed by atoms with E-state index in [1.807, 2.05) is 24.3 Å². The molecule has 2 aromatic heterocycles. The van der Waals surface area contributed by atoms with Crippen LogP contribution in [0.3, 0.4) is 0 Å². The number of benzene rings is 2. The van der Waals surface area contributed by atoms with Crippen LogP contribution in [0.4, 0.5) is 0 Å². The molecule has 0 spiro atoms. The number of aromatic amines is 1. The fourth-order valence-electron chi connectivity index (χ4n) is 4.74. The van der Waals surface area contributed by atoms with Gasteiger partial charge in [0.15, 0.2) is 0 Å². The van der Waals surface area contributed by atoms with Crippen LogP contribution in [0.2, 0.25) is 0 Å². The lowest BCUT2D eigenvalue weighted by Gasteiger charge is -2.40. The molecule has 4 N–H and O–H groups in total. The highest BCUT2D eigenvalue weighted by Crippen LogP contribution is 2.44. The summed E-state index contributed by atoms with van der Waals surface area (Å²) in [5.41, 5.74) is 12.3. The number of ether oxygens (including phenoxy) is 1. The van der Waals surface area contributed by atoms with Gasteiger partial charge < -0.3 is 20.6 Å². The Bertz CT molecular complexity index is 1240. The van der Waals surface area contributed by atoms with Crippen molar-refractivity contribution in [1.82, 2.24) is 9.97 Å². The number of pyridine rings is 1. The highest BCUT2D eigenvalue weighted by Gasteiger charge is 2.41. The minimum atomic E-state index is -0.743. The van der Waals surface area contributed by atoms with Crippen LogP contribution >= 0.6 is 0 Å². The van der Waals surface area contributed by atoms with Crippen molar-refractivity contribution in [3.8, 4) is 5.75 Å². The van der Waals surface area contributed by atoms with Gasteiger partial charge in [-0.3, -0.25) is 4.98 Å². The first kappa shape index (κ1) is 19.1. The Morgan fingerprint density at radius 2 is 1.90 bits per heavy atom. The lowest BCUT2D eigenvalue weighted by molar-refractivity contribution is 0.0700. The largest absolute Gasteiger partial charge is 0.497 e. The Kier molecular flexibility index (Phi) is 4.34. The van der Waals surface area contributed by atoms with Crippen molar-refractivity contribution in [3.63, 3.8) is 0 Å². The molecule has 0 aliphatic heterocycles. The normalized spacial score (nSPS) is 20.4. The van der Waals surface area contributed by atoms with E-state index in [0.717, 1.165) is 56.5 Å². The molecule has 4 aromatic rings. The van der Waals surface area contributed by atoms with Crippen LogP contribution in [-0.2, 0) is 12.8 Å². The number of aromatic nitrogens is 2. The number of hydrogen-bond donors (Lipinski definition) is 3. The van der Waals surface area contributed by atoms with E-state index in [1.165, 1.54) is 0 Å². The molecule has 154 valence electrons. The third-order valence-electron chi connectivity index (χ3n) is 6.54. The number of fused-ring (bicyclic) bond motifs is 5. The van der Waals surface area contributed by atoms with E-state index in [4.69, 9.17) is 15.5 Å². The van der Waals surface area contributed by atoms with Gasteiger partial charge in [-0.05, 0) is 35.6 Å². The fraction of sp³-hybridized carbons (Fsp3) is 0.320. The second-order valence-electron chi connectivity index (χ2n) is 9.00. The zero-order chi connectivity index (χ0) is 21.0. The van der Waals surface area contributed by atoms with Crippen molar-refractivity contribution in [1.29, 1.82) is 0 Å². The number of aliphatic hydroxyl groups is 1. The molecule has 2 atom stereocenters. The van der Waals surface area contributed by atoms with Crippen LogP contribution in [-0.4, -0.2) is 28.2 Å². The number of para-hydroxylation sites is 1. The summed E-state index contributed by atoms with van der Waals surface area (Å²) >= 11 is 0. The lowest BCUT2D eigenvalue weighted by Crippen LogP contribution is -2.47. The molecule has 5 nitrogen and oxygen atoms in total. The highest BCUT2D eigenvalue weighted by molar-refractivity contribution is 6.10. The molecule has 0 saturated heterocycles. The number of hydrogen-bond acceptors (Lipinski definition) is 4. The number of H-pyrrole nitrogens is 1. The standard InChI is InChI=1S/C25H27N3O2/c1-25(2)13-19-21(23(29)24(25)26)20-16-6-4-5-7-17(16)28-22(20)18(27-19)12-14-8-10-15(30-3)11-9-14/h4-11,23-24,28-29H,12-13,26H2,1-3H3. The molecule has 0 saturated carbocycles. The number of nitrogens with two attached hydrogens (primary N) is 1. The predicted molar refractivity (Wildman–Crippen MR) is 120 cm³/mol. The third-order valence-corrected chi connectivity index (χ3v) is 6.54. The molecule has 2 aromatic carbocycles. The molecule has 0 bridgehead atoms. The van der Waals surface area contributed by atoms with Crippen molar-refractivity contribution in [3.05, 3.63) is 71.0 Å². The van der Waals surface area contributed by atoms with Gasteiger partial charge in [0.05, 0.1) is 24.4 Å². The maximum absolute atomic E-state index is 11.2. The average Bonchev–Trinajstić information content (AvgIpc) is 3.12. The topological polar surface area (TPSA) is 84.2 Å². The summed E-state index contributed by atoms with van der Waals surface area (Å²) in [6.45, 7) is 4.21. The SMILES string of the molecule is COc1ccc(Cc2nc3c(c4c2[nH]c2ccccc24)C(O)C(N)C(C)(C)C3)cc1. The second kappa shape index (κ2) is 6.83. The quantitative estimate of drug-likeness (QED) is 0.479. The number of methoxy groups -OCH3 is 1. The van der Waals surface area contributed by atoms with Crippen molar-refractivity contribution < 1.29 is 9.84 Å². The highest BCUT2D eigenvalue weighted by atomic mass is 16.5. The monoisotopic (exact) mass is 401 g/mol. The molecule has 0 amide bonds. The molecular weight excluding hydrogens is 374 g/mol. The van der Waals surface area contributed by atoms with Gasteiger partial charge in [0.2, 0.25) is 0 Å². The minimum Gasteiger partial charge on any atom is -0.497 e. The zero-order valence-electron chi connectivity index (χ0n) is 17.6. The van der Waals surface area contributed by atoms with Crippen LogP contribution in [0.15, 0.2) is 48.5 Å². The van der Waals surface area contributed by atoms with Gasteiger partial charge in [-0.2, -0.15) is 0 Å². The second-order valence-corrected chi connectivity index (χ2v) is 9.00. The van der Waals surface area contributed by atoms with Gasteiger partial charge in [-0.1, -0.05) is 44.2 Å². The third kappa shape index (κ3) is 2.89. The molecule has 0 fully saturated rings. The summed E-state index contributed by atoms with van der Waals surface area (Å²) in [4.78, 5) is 8.63. The van der Waals surface area contributed by atoms with E-state index in [1.54, 1.807) is 7.11 Å². The fourth-order valence-corrected chi connectivity index (χ4v) is 4.74. The molecule has 30 heavy (non-hydrogen) atoms. The van der Waals surface area contributed by atoms with Crippen molar-refractivity contribution >= 4 is 21.8 Å². The van der Waals surface area contributed by atoms with E-state index < -0.39 is 6.10 Å². The Balaban J connectivity index is 1.75. The first-order valence-corrected chi connectivity index (χ1v) is 10.4. The predicted octanol–water partition coefficient (Wildman–Crippen LogP) is 4.26. The summed E-state index contributed by atoms with van der Waals surface area (Å²) in [5.74, 6) is 0.840. The van der Waals surface area contributed by atoms with Crippen molar-refractivity contribution in [2.45, 2.75) is 38.8 Å². The van der Waals surface area contributed by atoms with Crippen LogP contribution in [0.5, 0.6) is 5.75 Å². The summed E-state index contributed by atoms with van der Waals surface area (Å²) in [5, 5.41) is 13.3. The van der Waals surface area contributed by atoms with Gasteiger partial charge in [-0.25, -0.2) is 0 Å². The first-order valence-electron chi connectivity index (χ1n) is 10.4. The number of nitrogens with zero attached hydrogens (tertiary/aromatic N) is 1. The van der Waals surface area contributed by atoms with Crippen LogP contribution in [0.25, 0.3) is 21.8 Å². The average molecular weight is 402 g/mol.